The lowest BCUT2D eigenvalue weighted by molar-refractivity contribution is -0.131. The molecular weight excluding hydrogens is 299 g/mol. The summed E-state index contributed by atoms with van der Waals surface area (Å²) in [6.07, 6.45) is 8.37. The third kappa shape index (κ3) is 7.58. The summed E-state index contributed by atoms with van der Waals surface area (Å²) in [5, 5.41) is 8.46. The smallest absolute Gasteiger partial charge is 0.328 e. The Balaban J connectivity index is 2.44. The molecule has 0 spiro atoms. The summed E-state index contributed by atoms with van der Waals surface area (Å²) in [4.78, 5) is 22.0. The molecule has 0 aromatic heterocycles. The summed E-state index contributed by atoms with van der Waals surface area (Å²) < 4.78 is 19.3. The summed E-state index contributed by atoms with van der Waals surface area (Å²) >= 11 is 0. The number of carboxylic acids is 1. The molecule has 0 atom stereocenters. The van der Waals surface area contributed by atoms with Gasteiger partial charge in [0, 0.05) is 12.1 Å². The van der Waals surface area contributed by atoms with Crippen molar-refractivity contribution in [3.05, 3.63) is 41.7 Å². The van der Waals surface area contributed by atoms with Crippen LogP contribution >= 0.6 is 0 Å². The zero-order chi connectivity index (χ0) is 17.1. The number of ether oxygens (including phenoxy) is 1. The van der Waals surface area contributed by atoms with E-state index in [0.717, 1.165) is 25.0 Å². The fraction of sp³-hybridized carbons (Fsp3) is 0.444. The maximum absolute atomic E-state index is 13.9. The predicted octanol–water partition coefficient (Wildman–Crippen LogP) is 4.39. The van der Waals surface area contributed by atoms with E-state index in [1.54, 1.807) is 0 Å². The minimum absolute atomic E-state index is 0.172. The first-order valence-corrected chi connectivity index (χ1v) is 7.92. The molecule has 0 saturated heterocycles. The van der Waals surface area contributed by atoms with E-state index in [0.29, 0.717) is 18.4 Å². The Bertz CT molecular complexity index is 552. The molecule has 0 aliphatic carbocycles. The lowest BCUT2D eigenvalue weighted by Crippen LogP contribution is -2.02. The van der Waals surface area contributed by atoms with Crippen LogP contribution in [0.4, 0.5) is 4.39 Å². The highest BCUT2D eigenvalue weighted by Crippen LogP contribution is 2.18. The zero-order valence-electron chi connectivity index (χ0n) is 13.4. The van der Waals surface area contributed by atoms with Crippen LogP contribution in [0, 0.1) is 5.82 Å². The molecule has 0 heterocycles. The Kier molecular flexibility index (Phi) is 8.65. The lowest BCUT2D eigenvalue weighted by Gasteiger charge is -2.07. The summed E-state index contributed by atoms with van der Waals surface area (Å²) in [5.41, 5.74) is -0.172. The quantitative estimate of drug-likeness (QED) is 0.373. The Morgan fingerprint density at radius 2 is 1.83 bits per heavy atom. The first-order chi connectivity index (χ1) is 11.0. The Hall–Kier alpha value is -2.17. The van der Waals surface area contributed by atoms with Gasteiger partial charge in [-0.15, -0.1) is 0 Å². The number of carbonyl (C=O) groups excluding carboxylic acids is 1. The highest BCUT2D eigenvalue weighted by Gasteiger charge is 2.10. The second-order valence-electron chi connectivity index (χ2n) is 5.29. The SMILES string of the molecule is CCCCCCCCOc1ccc(C(=O)/C=C/C(=O)O)c(F)c1. The van der Waals surface area contributed by atoms with Crippen LogP contribution in [0.2, 0.25) is 0 Å². The predicted molar refractivity (Wildman–Crippen MR) is 86.4 cm³/mol. The number of benzene rings is 1. The van der Waals surface area contributed by atoms with Crippen molar-refractivity contribution in [2.75, 3.05) is 6.61 Å². The Morgan fingerprint density at radius 1 is 1.13 bits per heavy atom. The molecule has 0 aliphatic rings. The van der Waals surface area contributed by atoms with Gasteiger partial charge < -0.3 is 9.84 Å². The van der Waals surface area contributed by atoms with Crippen LogP contribution in [0.15, 0.2) is 30.4 Å². The van der Waals surface area contributed by atoms with Crippen molar-refractivity contribution in [2.45, 2.75) is 45.4 Å². The monoisotopic (exact) mass is 322 g/mol. The molecule has 4 nitrogen and oxygen atoms in total. The van der Waals surface area contributed by atoms with Crippen LogP contribution in [0.5, 0.6) is 5.75 Å². The molecule has 0 fully saturated rings. The molecule has 0 saturated carbocycles. The molecule has 0 unspecified atom stereocenters. The number of allylic oxidation sites excluding steroid dienone is 1. The van der Waals surface area contributed by atoms with Gasteiger partial charge in [0.15, 0.2) is 5.78 Å². The van der Waals surface area contributed by atoms with Crippen LogP contribution < -0.4 is 4.74 Å². The summed E-state index contributed by atoms with van der Waals surface area (Å²) in [7, 11) is 0. The number of hydrogen-bond acceptors (Lipinski definition) is 3. The number of unbranched alkanes of at least 4 members (excludes halogenated alkanes) is 5. The second kappa shape index (κ2) is 10.5. The maximum Gasteiger partial charge on any atom is 0.328 e. The minimum atomic E-state index is -1.25. The van der Waals surface area contributed by atoms with E-state index < -0.39 is 17.6 Å². The number of carbonyl (C=O) groups is 2. The van der Waals surface area contributed by atoms with Gasteiger partial charge >= 0.3 is 5.97 Å². The first kappa shape index (κ1) is 18.9. The number of carboxylic acid groups (broad SMARTS) is 1. The van der Waals surface area contributed by atoms with Crippen molar-refractivity contribution >= 4 is 11.8 Å². The van der Waals surface area contributed by atoms with Gasteiger partial charge in [0.1, 0.15) is 11.6 Å². The van der Waals surface area contributed by atoms with Gasteiger partial charge in [-0.1, -0.05) is 39.0 Å². The molecule has 0 aliphatic heterocycles. The van der Waals surface area contributed by atoms with Crippen molar-refractivity contribution in [1.29, 1.82) is 0 Å². The topological polar surface area (TPSA) is 63.6 Å². The Morgan fingerprint density at radius 3 is 2.48 bits per heavy atom. The maximum atomic E-state index is 13.9. The molecule has 1 aromatic carbocycles. The van der Waals surface area contributed by atoms with Crippen molar-refractivity contribution < 1.29 is 23.8 Å². The van der Waals surface area contributed by atoms with E-state index in [9.17, 15) is 14.0 Å². The molecule has 5 heteroatoms. The number of aliphatic carboxylic acids is 1. The fourth-order valence-electron chi connectivity index (χ4n) is 2.09. The van der Waals surface area contributed by atoms with E-state index in [4.69, 9.17) is 9.84 Å². The first-order valence-electron chi connectivity index (χ1n) is 7.92. The van der Waals surface area contributed by atoms with E-state index in [1.165, 1.54) is 37.8 Å². The molecule has 1 N–H and O–H groups in total. The summed E-state index contributed by atoms with van der Waals surface area (Å²) in [5.74, 6) is -2.29. The van der Waals surface area contributed by atoms with Crippen molar-refractivity contribution in [3.8, 4) is 5.75 Å². The third-order valence-electron chi connectivity index (χ3n) is 3.35. The van der Waals surface area contributed by atoms with Crippen LogP contribution in [-0.2, 0) is 4.79 Å². The Labute approximate surface area is 136 Å². The zero-order valence-corrected chi connectivity index (χ0v) is 13.4. The largest absolute Gasteiger partial charge is 0.493 e. The summed E-state index contributed by atoms with van der Waals surface area (Å²) in [6.45, 7) is 2.68. The van der Waals surface area contributed by atoms with Crippen molar-refractivity contribution in [2.24, 2.45) is 0 Å². The average Bonchev–Trinajstić information content (AvgIpc) is 2.52. The van der Waals surface area contributed by atoms with Gasteiger partial charge in [-0.05, 0) is 24.6 Å². The molecule has 23 heavy (non-hydrogen) atoms. The van der Waals surface area contributed by atoms with E-state index in [-0.39, 0.29) is 5.56 Å². The van der Waals surface area contributed by atoms with E-state index >= 15 is 0 Å². The van der Waals surface area contributed by atoms with Crippen LogP contribution in [0.25, 0.3) is 0 Å². The normalized spacial score (nSPS) is 10.9. The van der Waals surface area contributed by atoms with E-state index in [1.807, 2.05) is 0 Å². The van der Waals surface area contributed by atoms with Crippen molar-refractivity contribution in [1.82, 2.24) is 0 Å². The van der Waals surface area contributed by atoms with E-state index in [2.05, 4.69) is 6.92 Å². The molecule has 0 bridgehead atoms. The van der Waals surface area contributed by atoms with Gasteiger partial charge in [-0.3, -0.25) is 4.79 Å². The molecule has 126 valence electrons. The molecule has 1 rings (SSSR count). The average molecular weight is 322 g/mol. The van der Waals surface area contributed by atoms with Gasteiger partial charge in [0.25, 0.3) is 0 Å². The highest BCUT2D eigenvalue weighted by atomic mass is 19.1. The number of ketones is 1. The van der Waals surface area contributed by atoms with Gasteiger partial charge in [0.05, 0.1) is 12.2 Å². The van der Waals surface area contributed by atoms with Gasteiger partial charge in [-0.25, -0.2) is 9.18 Å². The molecule has 1 aromatic rings. The second-order valence-corrected chi connectivity index (χ2v) is 5.29. The fourth-order valence-corrected chi connectivity index (χ4v) is 2.09. The van der Waals surface area contributed by atoms with Gasteiger partial charge in [-0.2, -0.15) is 0 Å². The van der Waals surface area contributed by atoms with Crippen LogP contribution in [-0.4, -0.2) is 23.5 Å². The standard InChI is InChI=1S/C18H23FO4/c1-2-3-4-5-6-7-12-23-14-8-9-15(16(19)13-14)17(20)10-11-18(21)22/h8-11,13H,2-7,12H2,1H3,(H,21,22)/b11-10+. The lowest BCUT2D eigenvalue weighted by atomic mass is 10.1. The number of hydrogen-bond donors (Lipinski definition) is 1. The molecular formula is C18H23FO4. The third-order valence-corrected chi connectivity index (χ3v) is 3.35. The van der Waals surface area contributed by atoms with Crippen LogP contribution in [0.3, 0.4) is 0 Å². The minimum Gasteiger partial charge on any atom is -0.493 e. The number of halogens is 1. The van der Waals surface area contributed by atoms with Gasteiger partial charge in [0.2, 0.25) is 0 Å². The number of rotatable bonds is 11. The molecule has 0 amide bonds. The van der Waals surface area contributed by atoms with Crippen LogP contribution in [0.1, 0.15) is 55.8 Å². The van der Waals surface area contributed by atoms with Crippen molar-refractivity contribution in [3.63, 3.8) is 0 Å². The highest BCUT2D eigenvalue weighted by molar-refractivity contribution is 6.07. The summed E-state index contributed by atoms with van der Waals surface area (Å²) in [6, 6.07) is 3.97. The molecule has 0 radical (unpaired) electrons.